The van der Waals surface area contributed by atoms with Crippen molar-refractivity contribution in [3.8, 4) is 0 Å². The molecule has 94 valence electrons. The molecule has 1 atom stereocenters. The molecule has 0 saturated carbocycles. The molecular formula is C14H19BrFN. The Morgan fingerprint density at radius 1 is 1.41 bits per heavy atom. The number of hydrogen-bond donors (Lipinski definition) is 0. The number of aryl methyl sites for hydroxylation is 1. The molecule has 1 nitrogen and oxygen atoms in total. The second kappa shape index (κ2) is 5.49. The van der Waals surface area contributed by atoms with E-state index in [1.807, 2.05) is 6.07 Å². The van der Waals surface area contributed by atoms with Crippen molar-refractivity contribution in [2.45, 2.75) is 45.7 Å². The number of piperidine rings is 1. The molecule has 1 aliphatic heterocycles. The number of benzene rings is 1. The maximum absolute atomic E-state index is 13.6. The summed E-state index contributed by atoms with van der Waals surface area (Å²) in [7, 11) is 0. The Bertz CT molecular complexity index is 405. The molecule has 17 heavy (non-hydrogen) atoms. The van der Waals surface area contributed by atoms with Gasteiger partial charge in [0.15, 0.2) is 0 Å². The van der Waals surface area contributed by atoms with Crippen molar-refractivity contribution in [3.05, 3.63) is 33.5 Å². The summed E-state index contributed by atoms with van der Waals surface area (Å²) in [6.45, 7) is 6.03. The summed E-state index contributed by atoms with van der Waals surface area (Å²) in [5, 5.41) is 0. The Kier molecular flexibility index (Phi) is 4.21. The second-order valence-electron chi connectivity index (χ2n) is 5.01. The summed E-state index contributed by atoms with van der Waals surface area (Å²) >= 11 is 3.53. The predicted octanol–water partition coefficient (Wildman–Crippen LogP) is 4.27. The fourth-order valence-corrected chi connectivity index (χ4v) is 3.00. The van der Waals surface area contributed by atoms with Gasteiger partial charge in [-0.05, 0) is 56.5 Å². The van der Waals surface area contributed by atoms with Crippen molar-refractivity contribution >= 4 is 15.9 Å². The Labute approximate surface area is 111 Å². The number of nitrogens with zero attached hydrogens (tertiary/aromatic N) is 1. The van der Waals surface area contributed by atoms with Crippen molar-refractivity contribution in [1.82, 2.24) is 4.90 Å². The molecule has 1 aliphatic rings. The molecule has 0 bridgehead atoms. The summed E-state index contributed by atoms with van der Waals surface area (Å²) < 4.78 is 14.6. The maximum atomic E-state index is 13.6. The molecule has 1 heterocycles. The summed E-state index contributed by atoms with van der Waals surface area (Å²) in [5.41, 5.74) is 1.76. The predicted molar refractivity (Wildman–Crippen MR) is 72.6 cm³/mol. The van der Waals surface area contributed by atoms with Crippen LogP contribution < -0.4 is 0 Å². The van der Waals surface area contributed by atoms with Crippen LogP contribution in [0.5, 0.6) is 0 Å². The maximum Gasteiger partial charge on any atom is 0.126 e. The lowest BCUT2D eigenvalue weighted by molar-refractivity contribution is 0.152. The zero-order chi connectivity index (χ0) is 12.4. The number of hydrogen-bond acceptors (Lipinski definition) is 1. The Hall–Kier alpha value is -0.410. The molecule has 1 aromatic carbocycles. The minimum Gasteiger partial charge on any atom is -0.296 e. The highest BCUT2D eigenvalue weighted by molar-refractivity contribution is 9.10. The Balaban J connectivity index is 2.15. The van der Waals surface area contributed by atoms with Gasteiger partial charge in [-0.3, -0.25) is 4.90 Å². The lowest BCUT2D eigenvalue weighted by atomic mass is 10.0. The molecule has 3 heteroatoms. The van der Waals surface area contributed by atoms with Gasteiger partial charge in [0.1, 0.15) is 5.82 Å². The van der Waals surface area contributed by atoms with Crippen LogP contribution in [0.25, 0.3) is 0 Å². The molecule has 0 spiro atoms. The van der Waals surface area contributed by atoms with Crippen LogP contribution in [0.15, 0.2) is 16.6 Å². The SMILES string of the molecule is Cc1cc(Br)c(CN2CCCCC2C)cc1F. The van der Waals surface area contributed by atoms with E-state index in [9.17, 15) is 4.39 Å². The summed E-state index contributed by atoms with van der Waals surface area (Å²) in [6, 6.07) is 4.15. The van der Waals surface area contributed by atoms with E-state index < -0.39 is 0 Å². The summed E-state index contributed by atoms with van der Waals surface area (Å²) in [4.78, 5) is 2.44. The highest BCUT2D eigenvalue weighted by atomic mass is 79.9. The normalized spacial score (nSPS) is 21.8. The first-order chi connectivity index (χ1) is 8.08. The third-order valence-corrected chi connectivity index (χ3v) is 4.38. The third-order valence-electron chi connectivity index (χ3n) is 3.64. The molecule has 1 aromatic rings. The van der Waals surface area contributed by atoms with E-state index in [4.69, 9.17) is 0 Å². The monoisotopic (exact) mass is 299 g/mol. The third kappa shape index (κ3) is 3.08. The number of rotatable bonds is 2. The van der Waals surface area contributed by atoms with E-state index in [-0.39, 0.29) is 5.82 Å². The van der Waals surface area contributed by atoms with Crippen LogP contribution in [-0.2, 0) is 6.54 Å². The quantitative estimate of drug-likeness (QED) is 0.788. The fourth-order valence-electron chi connectivity index (χ4n) is 2.42. The molecule has 0 N–H and O–H groups in total. The van der Waals surface area contributed by atoms with E-state index in [1.165, 1.54) is 19.3 Å². The molecule has 0 radical (unpaired) electrons. The van der Waals surface area contributed by atoms with Crippen LogP contribution in [0.3, 0.4) is 0 Å². The highest BCUT2D eigenvalue weighted by Gasteiger charge is 2.19. The topological polar surface area (TPSA) is 3.24 Å². The van der Waals surface area contributed by atoms with E-state index in [0.717, 1.165) is 23.1 Å². The van der Waals surface area contributed by atoms with Gasteiger partial charge < -0.3 is 0 Å². The Morgan fingerprint density at radius 3 is 2.88 bits per heavy atom. The molecule has 1 saturated heterocycles. The number of halogens is 2. The van der Waals surface area contributed by atoms with Crippen LogP contribution in [0, 0.1) is 12.7 Å². The first-order valence-corrected chi connectivity index (χ1v) is 7.06. The molecule has 0 aromatic heterocycles. The van der Waals surface area contributed by atoms with Gasteiger partial charge in [-0.15, -0.1) is 0 Å². The zero-order valence-corrected chi connectivity index (χ0v) is 12.1. The first-order valence-electron chi connectivity index (χ1n) is 6.26. The van der Waals surface area contributed by atoms with Crippen molar-refractivity contribution in [1.29, 1.82) is 0 Å². The van der Waals surface area contributed by atoms with Gasteiger partial charge in [-0.1, -0.05) is 22.4 Å². The highest BCUT2D eigenvalue weighted by Crippen LogP contribution is 2.25. The van der Waals surface area contributed by atoms with E-state index in [0.29, 0.717) is 11.6 Å². The largest absolute Gasteiger partial charge is 0.296 e. The molecule has 1 fully saturated rings. The van der Waals surface area contributed by atoms with Crippen LogP contribution in [0.4, 0.5) is 4.39 Å². The van der Waals surface area contributed by atoms with Crippen LogP contribution in [-0.4, -0.2) is 17.5 Å². The standard InChI is InChI=1S/C14H19BrFN/c1-10-7-13(15)12(8-14(10)16)9-17-6-4-3-5-11(17)2/h7-8,11H,3-6,9H2,1-2H3. The van der Waals surface area contributed by atoms with Gasteiger partial charge in [-0.2, -0.15) is 0 Å². The smallest absolute Gasteiger partial charge is 0.126 e. The molecule has 0 aliphatic carbocycles. The second-order valence-corrected chi connectivity index (χ2v) is 5.86. The van der Waals surface area contributed by atoms with Gasteiger partial charge in [0.25, 0.3) is 0 Å². The minimum absolute atomic E-state index is 0.104. The summed E-state index contributed by atoms with van der Waals surface area (Å²) in [5.74, 6) is -0.104. The van der Waals surface area contributed by atoms with E-state index in [1.54, 1.807) is 13.0 Å². The first kappa shape index (κ1) is 13.0. The molecule has 2 rings (SSSR count). The lowest BCUT2D eigenvalue weighted by Gasteiger charge is -2.33. The average molecular weight is 300 g/mol. The van der Waals surface area contributed by atoms with E-state index in [2.05, 4.69) is 27.8 Å². The van der Waals surface area contributed by atoms with Crippen molar-refractivity contribution < 1.29 is 4.39 Å². The van der Waals surface area contributed by atoms with Crippen LogP contribution >= 0.6 is 15.9 Å². The molecule has 0 amide bonds. The van der Waals surface area contributed by atoms with Crippen molar-refractivity contribution in [2.24, 2.45) is 0 Å². The van der Waals surface area contributed by atoms with Crippen molar-refractivity contribution in [2.75, 3.05) is 6.54 Å². The molecule has 1 unspecified atom stereocenters. The van der Waals surface area contributed by atoms with Gasteiger partial charge >= 0.3 is 0 Å². The van der Waals surface area contributed by atoms with Crippen LogP contribution in [0.1, 0.15) is 37.3 Å². The van der Waals surface area contributed by atoms with Gasteiger partial charge in [0.2, 0.25) is 0 Å². The zero-order valence-electron chi connectivity index (χ0n) is 10.5. The molecular weight excluding hydrogens is 281 g/mol. The van der Waals surface area contributed by atoms with Gasteiger partial charge in [0.05, 0.1) is 0 Å². The van der Waals surface area contributed by atoms with Crippen LogP contribution in [0.2, 0.25) is 0 Å². The Morgan fingerprint density at radius 2 is 2.18 bits per heavy atom. The van der Waals surface area contributed by atoms with Crippen molar-refractivity contribution in [3.63, 3.8) is 0 Å². The average Bonchev–Trinajstić information content (AvgIpc) is 2.29. The minimum atomic E-state index is -0.104. The fraction of sp³-hybridized carbons (Fsp3) is 0.571. The van der Waals surface area contributed by atoms with Gasteiger partial charge in [0, 0.05) is 17.1 Å². The van der Waals surface area contributed by atoms with Gasteiger partial charge in [-0.25, -0.2) is 4.39 Å². The van der Waals surface area contributed by atoms with E-state index >= 15 is 0 Å². The number of likely N-dealkylation sites (tertiary alicyclic amines) is 1. The summed E-state index contributed by atoms with van der Waals surface area (Å²) in [6.07, 6.45) is 3.84. The lowest BCUT2D eigenvalue weighted by Crippen LogP contribution is -2.36.